The van der Waals surface area contributed by atoms with Gasteiger partial charge in [-0.3, -0.25) is 4.79 Å². The number of amides is 1. The lowest BCUT2D eigenvalue weighted by Gasteiger charge is -2.21. The Labute approximate surface area is 136 Å². The van der Waals surface area contributed by atoms with Crippen LogP contribution in [0.15, 0.2) is 6.07 Å². The summed E-state index contributed by atoms with van der Waals surface area (Å²) in [7, 11) is 1.36. The minimum Gasteiger partial charge on any atom is -0.467 e. The van der Waals surface area contributed by atoms with E-state index in [-0.39, 0.29) is 17.8 Å². The molecule has 122 valence electrons. The van der Waals surface area contributed by atoms with Gasteiger partial charge in [0.2, 0.25) is 0 Å². The molecular formula is C17H25NO3S. The topological polar surface area (TPSA) is 55.4 Å². The summed E-state index contributed by atoms with van der Waals surface area (Å²) in [6.45, 7) is 3.95. The molecule has 0 fully saturated rings. The first-order valence-corrected chi connectivity index (χ1v) is 8.88. The lowest BCUT2D eigenvalue weighted by Crippen LogP contribution is -2.45. The van der Waals surface area contributed by atoms with E-state index < -0.39 is 6.04 Å². The summed E-state index contributed by atoms with van der Waals surface area (Å²) in [4.78, 5) is 26.4. The molecule has 1 aromatic heterocycles. The van der Waals surface area contributed by atoms with Gasteiger partial charge in [0.05, 0.1) is 12.0 Å². The van der Waals surface area contributed by atoms with E-state index in [4.69, 9.17) is 4.74 Å². The van der Waals surface area contributed by atoms with Crippen LogP contribution in [0.5, 0.6) is 0 Å². The van der Waals surface area contributed by atoms with Crippen molar-refractivity contribution >= 4 is 23.2 Å². The SMILES string of the molecule is CC[C@@H](C)[C@@H](NC(=O)c1cc2c(s1)CCCCC2)C(=O)OC. The molecule has 0 radical (unpaired) electrons. The third-order valence-corrected chi connectivity index (χ3v) is 5.66. The van der Waals surface area contributed by atoms with Crippen molar-refractivity contribution in [1.29, 1.82) is 0 Å². The van der Waals surface area contributed by atoms with Gasteiger partial charge >= 0.3 is 5.97 Å². The number of fused-ring (bicyclic) bond motifs is 1. The Morgan fingerprint density at radius 2 is 2.05 bits per heavy atom. The van der Waals surface area contributed by atoms with Gasteiger partial charge in [0.15, 0.2) is 0 Å². The lowest BCUT2D eigenvalue weighted by atomic mass is 9.99. The van der Waals surface area contributed by atoms with E-state index in [9.17, 15) is 9.59 Å². The van der Waals surface area contributed by atoms with Crippen molar-refractivity contribution in [2.24, 2.45) is 5.92 Å². The van der Waals surface area contributed by atoms with Crippen molar-refractivity contribution in [3.8, 4) is 0 Å². The molecular weight excluding hydrogens is 298 g/mol. The number of carbonyl (C=O) groups excluding carboxylic acids is 2. The summed E-state index contributed by atoms with van der Waals surface area (Å²) in [5.41, 5.74) is 1.31. The van der Waals surface area contributed by atoms with Crippen molar-refractivity contribution < 1.29 is 14.3 Å². The summed E-state index contributed by atoms with van der Waals surface area (Å²) in [6.07, 6.45) is 6.60. The van der Waals surface area contributed by atoms with Crippen LogP contribution in [-0.4, -0.2) is 25.0 Å². The number of esters is 1. The largest absolute Gasteiger partial charge is 0.467 e. The molecule has 0 aliphatic heterocycles. The van der Waals surface area contributed by atoms with Gasteiger partial charge in [0, 0.05) is 4.88 Å². The Bertz CT molecular complexity index is 515. The summed E-state index contributed by atoms with van der Waals surface area (Å²) < 4.78 is 4.82. The Balaban J connectivity index is 2.11. The molecule has 1 aromatic rings. The monoisotopic (exact) mass is 323 g/mol. The van der Waals surface area contributed by atoms with Crippen LogP contribution in [0.4, 0.5) is 0 Å². The number of ether oxygens (including phenoxy) is 1. The summed E-state index contributed by atoms with van der Waals surface area (Å²) in [6, 6.07) is 1.43. The highest BCUT2D eigenvalue weighted by molar-refractivity contribution is 7.14. The Hall–Kier alpha value is -1.36. The fourth-order valence-electron chi connectivity index (χ4n) is 2.79. The zero-order valence-electron chi connectivity index (χ0n) is 13.6. The molecule has 5 heteroatoms. The maximum atomic E-state index is 12.5. The van der Waals surface area contributed by atoms with Gasteiger partial charge < -0.3 is 10.1 Å². The predicted molar refractivity (Wildman–Crippen MR) is 88.3 cm³/mol. The van der Waals surface area contributed by atoms with Gasteiger partial charge in [-0.05, 0) is 43.2 Å². The number of rotatable bonds is 5. The third kappa shape index (κ3) is 3.88. The van der Waals surface area contributed by atoms with E-state index in [1.807, 2.05) is 19.9 Å². The Morgan fingerprint density at radius 1 is 1.32 bits per heavy atom. The second-order valence-electron chi connectivity index (χ2n) is 5.98. The molecule has 0 saturated carbocycles. The Kier molecular flexibility index (Phi) is 6.00. The van der Waals surface area contributed by atoms with Crippen LogP contribution in [0, 0.1) is 5.92 Å². The second-order valence-corrected chi connectivity index (χ2v) is 7.12. The zero-order chi connectivity index (χ0) is 16.1. The number of hydrogen-bond acceptors (Lipinski definition) is 4. The number of hydrogen-bond donors (Lipinski definition) is 1. The van der Waals surface area contributed by atoms with Crippen LogP contribution >= 0.6 is 11.3 Å². The van der Waals surface area contributed by atoms with Crippen LogP contribution in [-0.2, 0) is 22.4 Å². The highest BCUT2D eigenvalue weighted by Crippen LogP contribution is 2.29. The molecule has 2 rings (SSSR count). The number of nitrogens with one attached hydrogen (secondary N) is 1. The van der Waals surface area contributed by atoms with Crippen LogP contribution in [0.3, 0.4) is 0 Å². The lowest BCUT2D eigenvalue weighted by molar-refractivity contribution is -0.144. The van der Waals surface area contributed by atoms with Crippen molar-refractivity contribution in [1.82, 2.24) is 5.32 Å². The third-order valence-electron chi connectivity index (χ3n) is 4.43. The normalized spacial score (nSPS) is 17.0. The number of thiophene rings is 1. The fraction of sp³-hybridized carbons (Fsp3) is 0.647. The van der Waals surface area contributed by atoms with Crippen LogP contribution in [0.1, 0.15) is 59.6 Å². The standard InChI is InChI=1S/C17H25NO3S/c1-4-11(2)15(17(20)21-3)18-16(19)14-10-12-8-6-5-7-9-13(12)22-14/h10-11,15H,4-9H2,1-3H3,(H,18,19)/t11-,15-/m1/s1. The van der Waals surface area contributed by atoms with Gasteiger partial charge in [-0.15, -0.1) is 11.3 Å². The van der Waals surface area contributed by atoms with E-state index in [1.165, 1.54) is 36.8 Å². The van der Waals surface area contributed by atoms with Crippen LogP contribution in [0.2, 0.25) is 0 Å². The van der Waals surface area contributed by atoms with Gasteiger partial charge in [0.1, 0.15) is 6.04 Å². The molecule has 2 atom stereocenters. The highest BCUT2D eigenvalue weighted by Gasteiger charge is 2.28. The molecule has 0 unspecified atom stereocenters. The molecule has 1 aliphatic carbocycles. The highest BCUT2D eigenvalue weighted by atomic mass is 32.1. The second kappa shape index (κ2) is 7.77. The number of aryl methyl sites for hydroxylation is 2. The maximum Gasteiger partial charge on any atom is 0.328 e. The molecule has 1 N–H and O–H groups in total. The van der Waals surface area contributed by atoms with E-state index >= 15 is 0 Å². The first-order valence-electron chi connectivity index (χ1n) is 8.07. The predicted octanol–water partition coefficient (Wildman–Crippen LogP) is 3.33. The molecule has 1 heterocycles. The van der Waals surface area contributed by atoms with Gasteiger partial charge in [0.25, 0.3) is 5.91 Å². The molecule has 0 spiro atoms. The molecule has 0 bridgehead atoms. The average Bonchev–Trinajstić information content (AvgIpc) is 2.82. The van der Waals surface area contributed by atoms with Gasteiger partial charge in [-0.2, -0.15) is 0 Å². The number of carbonyl (C=O) groups is 2. The smallest absolute Gasteiger partial charge is 0.328 e. The summed E-state index contributed by atoms with van der Waals surface area (Å²) >= 11 is 1.57. The first kappa shape index (κ1) is 17.0. The van der Waals surface area contributed by atoms with E-state index in [0.717, 1.165) is 19.3 Å². The van der Waals surface area contributed by atoms with Crippen molar-refractivity contribution in [3.63, 3.8) is 0 Å². The Morgan fingerprint density at radius 3 is 2.73 bits per heavy atom. The van der Waals surface area contributed by atoms with Gasteiger partial charge in [-0.1, -0.05) is 26.7 Å². The van der Waals surface area contributed by atoms with E-state index in [1.54, 1.807) is 11.3 Å². The van der Waals surface area contributed by atoms with Crippen molar-refractivity contribution in [3.05, 3.63) is 21.4 Å². The van der Waals surface area contributed by atoms with Crippen LogP contribution in [0.25, 0.3) is 0 Å². The van der Waals surface area contributed by atoms with E-state index in [2.05, 4.69) is 5.32 Å². The van der Waals surface area contributed by atoms with Crippen molar-refractivity contribution in [2.75, 3.05) is 7.11 Å². The molecule has 1 amide bonds. The average molecular weight is 323 g/mol. The first-order chi connectivity index (χ1) is 10.6. The molecule has 0 aromatic carbocycles. The maximum absolute atomic E-state index is 12.5. The van der Waals surface area contributed by atoms with Gasteiger partial charge in [-0.25, -0.2) is 4.79 Å². The zero-order valence-corrected chi connectivity index (χ0v) is 14.4. The quantitative estimate of drug-likeness (QED) is 0.668. The summed E-state index contributed by atoms with van der Waals surface area (Å²) in [5.74, 6) is -0.483. The minimum absolute atomic E-state index is 0.0502. The molecule has 1 aliphatic rings. The minimum atomic E-state index is -0.579. The molecule has 4 nitrogen and oxygen atoms in total. The van der Waals surface area contributed by atoms with E-state index in [0.29, 0.717) is 4.88 Å². The van der Waals surface area contributed by atoms with Crippen molar-refractivity contribution in [2.45, 2.75) is 58.4 Å². The number of methoxy groups -OCH3 is 1. The summed E-state index contributed by atoms with van der Waals surface area (Å²) in [5, 5.41) is 2.86. The molecule has 22 heavy (non-hydrogen) atoms. The molecule has 0 saturated heterocycles. The fourth-order valence-corrected chi connectivity index (χ4v) is 3.94. The van der Waals surface area contributed by atoms with Crippen LogP contribution < -0.4 is 5.32 Å².